The number of nitrogens with zero attached hydrogens (tertiary/aromatic N) is 1. The quantitative estimate of drug-likeness (QED) is 0.857. The lowest BCUT2D eigenvalue weighted by atomic mass is 10.1. The minimum atomic E-state index is -0.419. The van der Waals surface area contributed by atoms with E-state index in [1.807, 2.05) is 0 Å². The molecule has 2 aromatic rings. The summed E-state index contributed by atoms with van der Waals surface area (Å²) < 4.78 is 19.4. The Bertz CT molecular complexity index is 669. The first-order valence-corrected chi connectivity index (χ1v) is 6.91. The van der Waals surface area contributed by atoms with E-state index in [-0.39, 0.29) is 5.91 Å². The van der Waals surface area contributed by atoms with Crippen molar-refractivity contribution in [3.05, 3.63) is 52.3 Å². The Balaban J connectivity index is 2.27. The number of anilines is 1. The molecule has 0 aromatic heterocycles. The number of benzene rings is 2. The van der Waals surface area contributed by atoms with Crippen LogP contribution in [0.25, 0.3) is 0 Å². The van der Waals surface area contributed by atoms with Gasteiger partial charge in [0, 0.05) is 30.2 Å². The summed E-state index contributed by atoms with van der Waals surface area (Å²) in [6.07, 6.45) is 0. The molecule has 1 amide bonds. The van der Waals surface area contributed by atoms with Gasteiger partial charge in [-0.05, 0) is 30.3 Å². The predicted octanol–water partition coefficient (Wildman–Crippen LogP) is 3.66. The lowest BCUT2D eigenvalue weighted by Crippen LogP contribution is -2.21. The number of hydrogen-bond donors (Lipinski definition) is 1. The average Bonchev–Trinajstić information content (AvgIpc) is 2.39. The highest BCUT2D eigenvalue weighted by Gasteiger charge is 2.11. The first-order valence-electron chi connectivity index (χ1n) is 6.12. The Morgan fingerprint density at radius 1 is 1.24 bits per heavy atom. The maximum absolute atomic E-state index is 13.3. The third kappa shape index (κ3) is 3.72. The molecule has 2 rings (SSSR count). The monoisotopic (exact) mass is 352 g/mol. The molecule has 0 bridgehead atoms. The van der Waals surface area contributed by atoms with Gasteiger partial charge in [-0.2, -0.15) is 0 Å². The van der Waals surface area contributed by atoms with Crippen LogP contribution in [0.2, 0.25) is 0 Å². The summed E-state index contributed by atoms with van der Waals surface area (Å²) in [5, 5.41) is 0. The Morgan fingerprint density at radius 2 is 1.95 bits per heavy atom. The molecule has 0 heterocycles. The number of nitrogen functional groups attached to an aromatic ring is 1. The fraction of sp³-hybridized carbons (Fsp3) is 0.133. The molecular weight excluding hydrogens is 339 g/mol. The Labute approximate surface area is 130 Å². The van der Waals surface area contributed by atoms with E-state index in [0.29, 0.717) is 27.2 Å². The maximum Gasteiger partial charge on any atom is 0.253 e. The van der Waals surface area contributed by atoms with Crippen molar-refractivity contribution >= 4 is 27.5 Å². The van der Waals surface area contributed by atoms with Crippen LogP contribution >= 0.6 is 15.9 Å². The van der Waals surface area contributed by atoms with Crippen LogP contribution in [0, 0.1) is 5.82 Å². The van der Waals surface area contributed by atoms with Gasteiger partial charge in [0.2, 0.25) is 0 Å². The van der Waals surface area contributed by atoms with E-state index in [1.54, 1.807) is 32.3 Å². The summed E-state index contributed by atoms with van der Waals surface area (Å²) in [4.78, 5) is 13.3. The van der Waals surface area contributed by atoms with Crippen LogP contribution < -0.4 is 10.5 Å². The molecule has 4 nitrogen and oxygen atoms in total. The Hall–Kier alpha value is -2.08. The molecule has 0 radical (unpaired) electrons. The third-order valence-electron chi connectivity index (χ3n) is 2.73. The second-order valence-electron chi connectivity index (χ2n) is 4.66. The zero-order chi connectivity index (χ0) is 15.6. The molecule has 0 saturated heterocycles. The van der Waals surface area contributed by atoms with E-state index in [4.69, 9.17) is 10.5 Å². The van der Waals surface area contributed by atoms with Gasteiger partial charge < -0.3 is 15.4 Å². The van der Waals surface area contributed by atoms with Crippen LogP contribution in [-0.2, 0) is 0 Å². The summed E-state index contributed by atoms with van der Waals surface area (Å²) in [7, 11) is 3.32. The standard InChI is InChI=1S/C15H14BrFN2O2/c1-19(2)15(20)9-3-4-14(13(18)5-9)21-12-7-10(16)6-11(17)8-12/h3-8H,18H2,1-2H3. The van der Waals surface area contributed by atoms with Crippen LogP contribution in [0.4, 0.5) is 10.1 Å². The van der Waals surface area contributed by atoms with Crippen molar-refractivity contribution in [2.45, 2.75) is 0 Å². The molecular formula is C15H14BrFN2O2. The summed E-state index contributed by atoms with van der Waals surface area (Å²) in [6.45, 7) is 0. The van der Waals surface area contributed by atoms with Crippen LogP contribution in [0.3, 0.4) is 0 Å². The molecule has 0 aliphatic carbocycles. The summed E-state index contributed by atoms with van der Waals surface area (Å²) >= 11 is 3.19. The molecule has 0 spiro atoms. The van der Waals surface area contributed by atoms with E-state index >= 15 is 0 Å². The molecule has 0 aliphatic heterocycles. The van der Waals surface area contributed by atoms with E-state index in [0.717, 1.165) is 0 Å². The highest BCUT2D eigenvalue weighted by atomic mass is 79.9. The summed E-state index contributed by atoms with van der Waals surface area (Å²) in [6, 6.07) is 8.94. The second-order valence-corrected chi connectivity index (χ2v) is 5.58. The molecule has 2 aromatic carbocycles. The van der Waals surface area contributed by atoms with Crippen molar-refractivity contribution in [3.8, 4) is 11.5 Å². The van der Waals surface area contributed by atoms with E-state index < -0.39 is 5.82 Å². The lowest BCUT2D eigenvalue weighted by molar-refractivity contribution is 0.0827. The maximum atomic E-state index is 13.3. The number of halogens is 2. The van der Waals surface area contributed by atoms with Gasteiger partial charge in [0.05, 0.1) is 5.69 Å². The smallest absolute Gasteiger partial charge is 0.253 e. The first-order chi connectivity index (χ1) is 9.86. The number of carbonyl (C=O) groups excluding carboxylic acids is 1. The average molecular weight is 353 g/mol. The normalized spacial score (nSPS) is 10.3. The van der Waals surface area contributed by atoms with E-state index in [9.17, 15) is 9.18 Å². The molecule has 0 atom stereocenters. The highest BCUT2D eigenvalue weighted by Crippen LogP contribution is 2.30. The minimum absolute atomic E-state index is 0.151. The molecule has 110 valence electrons. The van der Waals surface area contributed by atoms with Gasteiger partial charge in [0.25, 0.3) is 5.91 Å². The number of nitrogens with two attached hydrogens (primary N) is 1. The molecule has 0 aliphatic rings. The first kappa shape index (κ1) is 15.3. The molecule has 0 unspecified atom stereocenters. The molecule has 0 fully saturated rings. The van der Waals surface area contributed by atoms with Crippen LogP contribution in [-0.4, -0.2) is 24.9 Å². The van der Waals surface area contributed by atoms with E-state index in [2.05, 4.69) is 15.9 Å². The zero-order valence-corrected chi connectivity index (χ0v) is 13.1. The van der Waals surface area contributed by atoms with Gasteiger partial charge in [0.1, 0.15) is 17.3 Å². The van der Waals surface area contributed by atoms with Gasteiger partial charge in [0.15, 0.2) is 0 Å². The number of carbonyl (C=O) groups is 1. The SMILES string of the molecule is CN(C)C(=O)c1ccc(Oc2cc(F)cc(Br)c2)c(N)c1. The van der Waals surface area contributed by atoms with Crippen molar-refractivity contribution < 1.29 is 13.9 Å². The molecule has 6 heteroatoms. The van der Waals surface area contributed by atoms with Gasteiger partial charge >= 0.3 is 0 Å². The topological polar surface area (TPSA) is 55.6 Å². The Kier molecular flexibility index (Phi) is 4.47. The summed E-state index contributed by atoms with van der Waals surface area (Å²) in [5.41, 5.74) is 6.65. The fourth-order valence-corrected chi connectivity index (χ4v) is 2.19. The molecule has 2 N–H and O–H groups in total. The third-order valence-corrected chi connectivity index (χ3v) is 3.18. The van der Waals surface area contributed by atoms with Gasteiger partial charge in [-0.1, -0.05) is 15.9 Å². The lowest BCUT2D eigenvalue weighted by Gasteiger charge is -2.13. The van der Waals surface area contributed by atoms with Gasteiger partial charge in [-0.25, -0.2) is 4.39 Å². The predicted molar refractivity (Wildman–Crippen MR) is 83.0 cm³/mol. The zero-order valence-electron chi connectivity index (χ0n) is 11.6. The molecule has 0 saturated carbocycles. The number of amides is 1. The van der Waals surface area contributed by atoms with Crippen molar-refractivity contribution in [1.29, 1.82) is 0 Å². The van der Waals surface area contributed by atoms with Crippen molar-refractivity contribution in [3.63, 3.8) is 0 Å². The van der Waals surface area contributed by atoms with Gasteiger partial charge in [-0.3, -0.25) is 4.79 Å². The largest absolute Gasteiger partial charge is 0.455 e. The minimum Gasteiger partial charge on any atom is -0.455 e. The highest BCUT2D eigenvalue weighted by molar-refractivity contribution is 9.10. The van der Waals surface area contributed by atoms with Crippen molar-refractivity contribution in [2.24, 2.45) is 0 Å². The van der Waals surface area contributed by atoms with Crippen LogP contribution in [0.1, 0.15) is 10.4 Å². The van der Waals surface area contributed by atoms with Crippen LogP contribution in [0.5, 0.6) is 11.5 Å². The fourth-order valence-electron chi connectivity index (χ4n) is 1.75. The van der Waals surface area contributed by atoms with E-state index in [1.165, 1.54) is 23.1 Å². The number of hydrogen-bond acceptors (Lipinski definition) is 3. The number of ether oxygens (including phenoxy) is 1. The van der Waals surface area contributed by atoms with Crippen molar-refractivity contribution in [1.82, 2.24) is 4.90 Å². The van der Waals surface area contributed by atoms with Gasteiger partial charge in [-0.15, -0.1) is 0 Å². The van der Waals surface area contributed by atoms with Crippen molar-refractivity contribution in [2.75, 3.05) is 19.8 Å². The summed E-state index contributed by atoms with van der Waals surface area (Å²) in [5.74, 6) is 0.113. The molecule has 21 heavy (non-hydrogen) atoms. The van der Waals surface area contributed by atoms with Crippen LogP contribution in [0.15, 0.2) is 40.9 Å². The second kappa shape index (κ2) is 6.13. The number of rotatable bonds is 3. The Morgan fingerprint density at radius 3 is 2.52 bits per heavy atom.